The van der Waals surface area contributed by atoms with E-state index in [-0.39, 0.29) is 11.7 Å². The SMILES string of the molecule is COc1ncc(NS(=O)(=O)c2cc(F)cc(F)c2)cn1. The van der Waals surface area contributed by atoms with Crippen molar-refractivity contribution in [2.75, 3.05) is 11.8 Å². The van der Waals surface area contributed by atoms with Gasteiger partial charge in [0.05, 0.1) is 30.1 Å². The van der Waals surface area contributed by atoms with Gasteiger partial charge in [-0.2, -0.15) is 0 Å². The average molecular weight is 301 g/mol. The Kier molecular flexibility index (Phi) is 3.79. The highest BCUT2D eigenvalue weighted by atomic mass is 32.2. The first-order valence-electron chi connectivity index (χ1n) is 5.25. The zero-order valence-corrected chi connectivity index (χ0v) is 11.0. The Bertz CT molecular complexity index is 700. The molecule has 0 saturated heterocycles. The molecule has 1 heterocycles. The maximum atomic E-state index is 13.0. The van der Waals surface area contributed by atoms with Gasteiger partial charge >= 0.3 is 6.01 Å². The van der Waals surface area contributed by atoms with Crippen LogP contribution >= 0.6 is 0 Å². The number of sulfonamides is 1. The number of ether oxygens (including phenoxy) is 1. The standard InChI is InChI=1S/C11H9F2N3O3S/c1-19-11-14-5-9(6-15-11)16-20(17,18)10-3-7(12)2-8(13)4-10/h2-6,16H,1H3. The molecule has 2 aromatic rings. The predicted molar refractivity (Wildman–Crippen MR) is 65.8 cm³/mol. The van der Waals surface area contributed by atoms with Gasteiger partial charge in [-0.15, -0.1) is 0 Å². The van der Waals surface area contributed by atoms with Gasteiger partial charge in [0.15, 0.2) is 0 Å². The Labute approximate surface area is 113 Å². The molecule has 106 valence electrons. The summed E-state index contributed by atoms with van der Waals surface area (Å²) in [4.78, 5) is 6.87. The molecule has 1 aromatic heterocycles. The lowest BCUT2D eigenvalue weighted by molar-refractivity contribution is 0.380. The molecule has 20 heavy (non-hydrogen) atoms. The van der Waals surface area contributed by atoms with E-state index in [1.807, 2.05) is 0 Å². The van der Waals surface area contributed by atoms with Gasteiger partial charge in [-0.3, -0.25) is 4.72 Å². The van der Waals surface area contributed by atoms with Crippen molar-refractivity contribution in [3.63, 3.8) is 0 Å². The van der Waals surface area contributed by atoms with Crippen molar-refractivity contribution >= 4 is 15.7 Å². The van der Waals surface area contributed by atoms with E-state index in [4.69, 9.17) is 4.74 Å². The highest BCUT2D eigenvalue weighted by Crippen LogP contribution is 2.17. The Morgan fingerprint density at radius 2 is 1.65 bits per heavy atom. The van der Waals surface area contributed by atoms with Gasteiger partial charge < -0.3 is 4.74 Å². The Morgan fingerprint density at radius 3 is 2.15 bits per heavy atom. The number of hydrogen-bond donors (Lipinski definition) is 1. The fraction of sp³-hybridized carbons (Fsp3) is 0.0909. The van der Waals surface area contributed by atoms with E-state index < -0.39 is 26.6 Å². The number of aromatic nitrogens is 2. The van der Waals surface area contributed by atoms with Crippen LogP contribution in [0.2, 0.25) is 0 Å². The maximum absolute atomic E-state index is 13.0. The smallest absolute Gasteiger partial charge is 0.316 e. The highest BCUT2D eigenvalue weighted by Gasteiger charge is 2.17. The molecule has 0 radical (unpaired) electrons. The molecule has 0 aliphatic carbocycles. The molecule has 2 rings (SSSR count). The molecule has 0 atom stereocenters. The van der Waals surface area contributed by atoms with Crippen LogP contribution < -0.4 is 9.46 Å². The van der Waals surface area contributed by atoms with E-state index in [1.54, 1.807) is 0 Å². The minimum Gasteiger partial charge on any atom is -0.467 e. The van der Waals surface area contributed by atoms with Crippen molar-refractivity contribution in [2.24, 2.45) is 0 Å². The Balaban J connectivity index is 2.30. The Hall–Kier alpha value is -2.29. The number of hydrogen-bond acceptors (Lipinski definition) is 5. The van der Waals surface area contributed by atoms with Gasteiger partial charge in [0.1, 0.15) is 11.6 Å². The summed E-state index contributed by atoms with van der Waals surface area (Å²) < 4.78 is 56.7. The summed E-state index contributed by atoms with van der Waals surface area (Å²) in [7, 11) is -2.77. The third-order valence-corrected chi connectivity index (χ3v) is 3.57. The van der Waals surface area contributed by atoms with E-state index in [0.29, 0.717) is 18.2 Å². The number of benzene rings is 1. The van der Waals surface area contributed by atoms with E-state index in [2.05, 4.69) is 14.7 Å². The summed E-state index contributed by atoms with van der Waals surface area (Å²) in [5.74, 6) is -1.98. The van der Waals surface area contributed by atoms with E-state index in [9.17, 15) is 17.2 Å². The lowest BCUT2D eigenvalue weighted by atomic mass is 10.3. The molecule has 0 amide bonds. The molecule has 0 unspecified atom stereocenters. The van der Waals surface area contributed by atoms with Crippen molar-refractivity contribution in [3.05, 3.63) is 42.2 Å². The number of halogens is 2. The van der Waals surface area contributed by atoms with Gasteiger partial charge in [-0.1, -0.05) is 0 Å². The first kappa shape index (κ1) is 14.1. The molecule has 0 fully saturated rings. The van der Waals surface area contributed by atoms with Gasteiger partial charge in [0.2, 0.25) is 0 Å². The fourth-order valence-corrected chi connectivity index (χ4v) is 2.44. The van der Waals surface area contributed by atoms with Crippen molar-refractivity contribution in [1.29, 1.82) is 0 Å². The zero-order chi connectivity index (χ0) is 14.8. The van der Waals surface area contributed by atoms with Crippen LogP contribution in [0.1, 0.15) is 0 Å². The minimum absolute atomic E-state index is 0.0375. The molecule has 0 bridgehead atoms. The number of nitrogens with zero attached hydrogens (tertiary/aromatic N) is 2. The second-order valence-corrected chi connectivity index (χ2v) is 5.35. The van der Waals surface area contributed by atoms with Crippen LogP contribution in [0.3, 0.4) is 0 Å². The first-order chi connectivity index (χ1) is 9.40. The van der Waals surface area contributed by atoms with Gasteiger partial charge in [-0.25, -0.2) is 27.2 Å². The minimum atomic E-state index is -4.13. The summed E-state index contributed by atoms with van der Waals surface area (Å²) in [6.07, 6.45) is 2.33. The van der Waals surface area contributed by atoms with Crippen LogP contribution in [0.25, 0.3) is 0 Å². The van der Waals surface area contributed by atoms with Crippen LogP contribution in [0.5, 0.6) is 6.01 Å². The summed E-state index contributed by atoms with van der Waals surface area (Å²) >= 11 is 0. The summed E-state index contributed by atoms with van der Waals surface area (Å²) in [5.41, 5.74) is 0.0375. The normalized spacial score (nSPS) is 11.2. The molecule has 0 aliphatic heterocycles. The third kappa shape index (κ3) is 3.18. The summed E-state index contributed by atoms with van der Waals surface area (Å²) in [5, 5.41) is 0. The van der Waals surface area contributed by atoms with Crippen molar-refractivity contribution < 1.29 is 21.9 Å². The molecule has 1 aromatic carbocycles. The van der Waals surface area contributed by atoms with Gasteiger partial charge in [0.25, 0.3) is 10.0 Å². The lowest BCUT2D eigenvalue weighted by Gasteiger charge is -2.08. The number of rotatable bonds is 4. The van der Waals surface area contributed by atoms with E-state index in [0.717, 1.165) is 0 Å². The molecule has 9 heteroatoms. The van der Waals surface area contributed by atoms with E-state index in [1.165, 1.54) is 19.5 Å². The van der Waals surface area contributed by atoms with Gasteiger partial charge in [0, 0.05) is 6.07 Å². The molecular weight excluding hydrogens is 292 g/mol. The topological polar surface area (TPSA) is 81.2 Å². The molecular formula is C11H9F2N3O3S. The largest absolute Gasteiger partial charge is 0.467 e. The summed E-state index contributed by atoms with van der Waals surface area (Å²) in [6, 6.07) is 2.05. The highest BCUT2D eigenvalue weighted by molar-refractivity contribution is 7.92. The van der Waals surface area contributed by atoms with E-state index >= 15 is 0 Å². The second kappa shape index (κ2) is 5.37. The summed E-state index contributed by atoms with van der Waals surface area (Å²) in [6.45, 7) is 0. The first-order valence-corrected chi connectivity index (χ1v) is 6.74. The van der Waals surface area contributed by atoms with Crippen LogP contribution in [0.15, 0.2) is 35.5 Å². The molecule has 0 aliphatic rings. The molecule has 0 saturated carbocycles. The molecule has 0 spiro atoms. The molecule has 6 nitrogen and oxygen atoms in total. The zero-order valence-electron chi connectivity index (χ0n) is 10.2. The number of nitrogens with one attached hydrogen (secondary N) is 1. The number of anilines is 1. The van der Waals surface area contributed by atoms with Crippen LogP contribution in [0.4, 0.5) is 14.5 Å². The van der Waals surface area contributed by atoms with Crippen molar-refractivity contribution in [1.82, 2.24) is 9.97 Å². The predicted octanol–water partition coefficient (Wildman–Crippen LogP) is 1.56. The van der Waals surface area contributed by atoms with Gasteiger partial charge in [-0.05, 0) is 12.1 Å². The van der Waals surface area contributed by atoms with Crippen molar-refractivity contribution in [3.8, 4) is 6.01 Å². The third-order valence-electron chi connectivity index (χ3n) is 2.21. The van der Waals surface area contributed by atoms with Crippen LogP contribution in [-0.2, 0) is 10.0 Å². The lowest BCUT2D eigenvalue weighted by Crippen LogP contribution is -2.14. The monoisotopic (exact) mass is 301 g/mol. The Morgan fingerprint density at radius 1 is 1.10 bits per heavy atom. The number of methoxy groups -OCH3 is 1. The maximum Gasteiger partial charge on any atom is 0.316 e. The van der Waals surface area contributed by atoms with Crippen LogP contribution in [-0.4, -0.2) is 25.5 Å². The quantitative estimate of drug-likeness (QED) is 0.927. The molecule has 1 N–H and O–H groups in total. The average Bonchev–Trinajstić information content (AvgIpc) is 2.38. The van der Waals surface area contributed by atoms with Crippen LogP contribution in [0, 0.1) is 11.6 Å². The van der Waals surface area contributed by atoms with Crippen molar-refractivity contribution in [2.45, 2.75) is 4.90 Å². The second-order valence-electron chi connectivity index (χ2n) is 3.67. The fourth-order valence-electron chi connectivity index (χ4n) is 1.37.